The first kappa shape index (κ1) is 24.8. The number of aromatic nitrogens is 1. The van der Waals surface area contributed by atoms with Crippen LogP contribution in [-0.2, 0) is 19.6 Å². The van der Waals surface area contributed by atoms with Crippen molar-refractivity contribution in [2.45, 2.75) is 25.7 Å². The molecule has 3 aromatic rings. The number of morpholine rings is 1. The number of anilines is 1. The minimum atomic E-state index is -3.69. The van der Waals surface area contributed by atoms with Gasteiger partial charge in [0.1, 0.15) is 0 Å². The van der Waals surface area contributed by atoms with Crippen molar-refractivity contribution in [1.82, 2.24) is 8.87 Å². The largest absolute Gasteiger partial charge is 0.379 e. The maximum atomic E-state index is 13.3. The normalized spacial score (nSPS) is 17.8. The number of halogens is 1. The molecule has 0 aliphatic carbocycles. The predicted octanol–water partition coefficient (Wildman–Crippen LogP) is 4.59. The van der Waals surface area contributed by atoms with E-state index in [9.17, 15) is 13.2 Å². The summed E-state index contributed by atoms with van der Waals surface area (Å²) in [5.74, 6) is -0.172. The molecular formula is C27H28ClN3O4S. The molecule has 0 bridgehead atoms. The highest BCUT2D eigenvalue weighted by Crippen LogP contribution is 2.39. The minimum Gasteiger partial charge on any atom is -0.379 e. The smallest absolute Gasteiger partial charge is 0.258 e. The van der Waals surface area contributed by atoms with Gasteiger partial charge in [0.25, 0.3) is 5.91 Å². The molecule has 1 amide bonds. The Morgan fingerprint density at radius 3 is 2.44 bits per heavy atom. The van der Waals surface area contributed by atoms with Gasteiger partial charge in [-0.25, -0.2) is 8.42 Å². The van der Waals surface area contributed by atoms with Gasteiger partial charge in [-0.15, -0.1) is 0 Å². The zero-order chi connectivity index (χ0) is 25.8. The molecular weight excluding hydrogens is 498 g/mol. The summed E-state index contributed by atoms with van der Waals surface area (Å²) in [5.41, 5.74) is 6.58. The summed E-state index contributed by atoms with van der Waals surface area (Å²) in [6.07, 6.45) is 1.86. The molecule has 188 valence electrons. The van der Waals surface area contributed by atoms with Gasteiger partial charge in [-0.05, 0) is 74.4 Å². The Morgan fingerprint density at radius 1 is 1.00 bits per heavy atom. The van der Waals surface area contributed by atoms with Gasteiger partial charge in [-0.2, -0.15) is 4.31 Å². The van der Waals surface area contributed by atoms with Crippen molar-refractivity contribution in [2.24, 2.45) is 0 Å². The molecule has 1 fully saturated rings. The number of nitrogens with zero attached hydrogens (tertiary/aromatic N) is 3. The quantitative estimate of drug-likeness (QED) is 0.467. The second kappa shape index (κ2) is 9.19. The van der Waals surface area contributed by atoms with Gasteiger partial charge >= 0.3 is 0 Å². The molecule has 5 rings (SSSR count). The van der Waals surface area contributed by atoms with Crippen molar-refractivity contribution in [1.29, 1.82) is 0 Å². The Bertz CT molecular complexity index is 1520. The molecule has 3 heterocycles. The lowest BCUT2D eigenvalue weighted by atomic mass is 10.0. The third kappa shape index (κ3) is 3.98. The zero-order valence-electron chi connectivity index (χ0n) is 20.7. The second-order valence-corrected chi connectivity index (χ2v) is 11.5. The van der Waals surface area contributed by atoms with E-state index in [4.69, 9.17) is 16.3 Å². The van der Waals surface area contributed by atoms with Crippen LogP contribution in [0.1, 0.15) is 28.1 Å². The lowest BCUT2D eigenvalue weighted by Crippen LogP contribution is -2.40. The fraction of sp³-hybridized carbons (Fsp3) is 0.296. The van der Waals surface area contributed by atoms with Gasteiger partial charge in [0.15, 0.2) is 0 Å². The van der Waals surface area contributed by atoms with Crippen LogP contribution in [0.4, 0.5) is 5.69 Å². The Kier molecular flexibility index (Phi) is 6.32. The van der Waals surface area contributed by atoms with Gasteiger partial charge in [0.2, 0.25) is 10.0 Å². The van der Waals surface area contributed by atoms with Crippen molar-refractivity contribution < 1.29 is 17.9 Å². The number of amides is 1. The van der Waals surface area contributed by atoms with E-state index in [1.165, 1.54) is 4.31 Å². The van der Waals surface area contributed by atoms with Crippen LogP contribution in [-0.4, -0.2) is 56.5 Å². The highest BCUT2D eigenvalue weighted by Gasteiger charge is 2.33. The number of likely N-dealkylation sites (N-methyl/N-ethyl adjacent to an activating group) is 1. The molecule has 0 spiro atoms. The fourth-order valence-corrected chi connectivity index (χ4v) is 6.57. The van der Waals surface area contributed by atoms with Crippen LogP contribution < -0.4 is 4.90 Å². The number of carbonyl (C=O) groups is 1. The molecule has 1 aromatic heterocycles. The monoisotopic (exact) mass is 525 g/mol. The van der Waals surface area contributed by atoms with Crippen molar-refractivity contribution in [3.63, 3.8) is 0 Å². The number of hydrogen-bond acceptors (Lipinski definition) is 4. The third-order valence-corrected chi connectivity index (χ3v) is 9.32. The summed E-state index contributed by atoms with van der Waals surface area (Å²) < 4.78 is 35.4. The van der Waals surface area contributed by atoms with E-state index in [0.29, 0.717) is 48.1 Å². The first-order valence-corrected chi connectivity index (χ1v) is 13.6. The maximum absolute atomic E-state index is 13.3. The van der Waals surface area contributed by atoms with E-state index in [1.807, 2.05) is 51.1 Å². The lowest BCUT2D eigenvalue weighted by Gasteiger charge is -2.26. The molecule has 0 atom stereocenters. The molecule has 36 heavy (non-hydrogen) atoms. The third-order valence-electron chi connectivity index (χ3n) is 7.01. The number of rotatable bonds is 4. The molecule has 7 nitrogen and oxygen atoms in total. The first-order valence-electron chi connectivity index (χ1n) is 11.8. The van der Waals surface area contributed by atoms with Gasteiger partial charge in [0, 0.05) is 53.4 Å². The summed E-state index contributed by atoms with van der Waals surface area (Å²) in [6.45, 7) is 7.38. The van der Waals surface area contributed by atoms with E-state index in [1.54, 1.807) is 30.1 Å². The Hall–Kier alpha value is -2.91. The van der Waals surface area contributed by atoms with Gasteiger partial charge in [0.05, 0.1) is 23.8 Å². The summed E-state index contributed by atoms with van der Waals surface area (Å²) in [4.78, 5) is 15.0. The molecule has 0 unspecified atom stereocenters. The molecule has 9 heteroatoms. The van der Waals surface area contributed by atoms with E-state index in [-0.39, 0.29) is 10.8 Å². The summed E-state index contributed by atoms with van der Waals surface area (Å²) in [6, 6.07) is 12.7. The molecule has 0 radical (unpaired) electrons. The highest BCUT2D eigenvalue weighted by atomic mass is 35.5. The number of fused-ring (bicyclic) bond motifs is 1. The number of benzene rings is 2. The standard InChI is InChI=1S/C27H28ClN3O4S/c1-17-14-20(19(3)31(17)25-7-5-6-24(28)18(25)2)15-23-22-16-21(8-9-26(22)29(4)27(23)32)36(33,34)30-10-12-35-13-11-30/h5-9,14-16H,10-13H2,1-4H3/b23-15-. The van der Waals surface area contributed by atoms with Crippen LogP contribution in [0.5, 0.6) is 0 Å². The first-order chi connectivity index (χ1) is 17.1. The van der Waals surface area contributed by atoms with Crippen molar-refractivity contribution in [2.75, 3.05) is 38.3 Å². The van der Waals surface area contributed by atoms with Gasteiger partial charge < -0.3 is 14.2 Å². The van der Waals surface area contributed by atoms with Crippen molar-refractivity contribution in [3.05, 3.63) is 75.6 Å². The Morgan fingerprint density at radius 2 is 1.72 bits per heavy atom. The van der Waals surface area contributed by atoms with Gasteiger partial charge in [-0.1, -0.05) is 17.7 Å². The van der Waals surface area contributed by atoms with Crippen LogP contribution >= 0.6 is 11.6 Å². The van der Waals surface area contributed by atoms with Crippen LogP contribution in [0.15, 0.2) is 47.4 Å². The number of sulfonamides is 1. The van der Waals surface area contributed by atoms with Crippen LogP contribution in [0.2, 0.25) is 5.02 Å². The fourth-order valence-electron chi connectivity index (χ4n) is 4.96. The molecule has 0 saturated carbocycles. The van der Waals surface area contributed by atoms with Crippen molar-refractivity contribution in [3.8, 4) is 5.69 Å². The van der Waals surface area contributed by atoms with Gasteiger partial charge in [-0.3, -0.25) is 4.79 Å². The Labute approximate surface area is 216 Å². The second-order valence-electron chi connectivity index (χ2n) is 9.16. The van der Waals surface area contributed by atoms with Crippen molar-refractivity contribution >= 4 is 44.9 Å². The topological polar surface area (TPSA) is 71.9 Å². The average Bonchev–Trinajstić information content (AvgIpc) is 3.28. The number of hydrogen-bond donors (Lipinski definition) is 0. The number of carbonyl (C=O) groups excluding carboxylic acids is 1. The highest BCUT2D eigenvalue weighted by molar-refractivity contribution is 7.89. The predicted molar refractivity (Wildman–Crippen MR) is 142 cm³/mol. The summed E-state index contributed by atoms with van der Waals surface area (Å²) >= 11 is 6.38. The van der Waals surface area contributed by atoms with E-state index >= 15 is 0 Å². The summed E-state index contributed by atoms with van der Waals surface area (Å²) in [7, 11) is -1.99. The van der Waals surface area contributed by atoms with E-state index in [2.05, 4.69) is 4.57 Å². The van der Waals surface area contributed by atoms with Crippen LogP contribution in [0, 0.1) is 20.8 Å². The van der Waals surface area contributed by atoms with Crippen LogP contribution in [0.3, 0.4) is 0 Å². The Balaban J connectivity index is 1.60. The number of ether oxygens (including phenoxy) is 1. The molecule has 0 N–H and O–H groups in total. The molecule has 1 saturated heterocycles. The molecule has 2 aliphatic heterocycles. The average molecular weight is 526 g/mol. The molecule has 2 aliphatic rings. The lowest BCUT2D eigenvalue weighted by molar-refractivity contribution is -0.112. The molecule has 2 aromatic carbocycles. The minimum absolute atomic E-state index is 0.172. The van der Waals surface area contributed by atoms with Crippen LogP contribution in [0.25, 0.3) is 17.3 Å². The summed E-state index contributed by atoms with van der Waals surface area (Å²) in [5, 5.41) is 0.690. The maximum Gasteiger partial charge on any atom is 0.258 e. The van der Waals surface area contributed by atoms with E-state index < -0.39 is 10.0 Å². The zero-order valence-corrected chi connectivity index (χ0v) is 22.3. The SMILES string of the molecule is Cc1c(Cl)cccc1-n1c(C)cc(/C=C2\C(=O)N(C)c3ccc(S(=O)(=O)N4CCOCC4)cc32)c1C. The van der Waals surface area contributed by atoms with E-state index in [0.717, 1.165) is 28.2 Å². The number of aryl methyl sites for hydroxylation is 1.